The Hall–Kier alpha value is -2.73. The van der Waals surface area contributed by atoms with Gasteiger partial charge >= 0.3 is 0 Å². The summed E-state index contributed by atoms with van der Waals surface area (Å²) in [6.45, 7) is 2.31. The third-order valence-electron chi connectivity index (χ3n) is 3.82. The lowest BCUT2D eigenvalue weighted by atomic mass is 10.1. The Morgan fingerprint density at radius 2 is 1.71 bits per heavy atom. The van der Waals surface area contributed by atoms with Crippen LogP contribution in [0.1, 0.15) is 22.8 Å². The monoisotopic (exact) mass is 329 g/mol. The van der Waals surface area contributed by atoms with Crippen molar-refractivity contribution in [2.45, 2.75) is 19.5 Å². The van der Waals surface area contributed by atoms with E-state index in [2.05, 4.69) is 5.32 Å². The number of carbonyl (C=O) groups excluding carboxylic acids is 2. The zero-order valence-corrected chi connectivity index (χ0v) is 13.6. The summed E-state index contributed by atoms with van der Waals surface area (Å²) in [5.74, 6) is -0.974. The largest absolute Gasteiger partial charge is 0.366 e. The number of anilines is 1. The Morgan fingerprint density at radius 1 is 1.12 bits per heavy atom. The lowest BCUT2D eigenvalue weighted by molar-refractivity contribution is -0.120. The van der Waals surface area contributed by atoms with Crippen LogP contribution in [0, 0.1) is 5.82 Å². The summed E-state index contributed by atoms with van der Waals surface area (Å²) in [7, 11) is 1.82. The zero-order chi connectivity index (χ0) is 17.7. The van der Waals surface area contributed by atoms with E-state index in [4.69, 9.17) is 5.73 Å². The first kappa shape index (κ1) is 17.6. The number of hydrogen-bond acceptors (Lipinski definition) is 3. The SMILES string of the molecule is CC(C(=O)Nc1ccc(C(N)=O)cc1)N(C)Cc1ccc(F)cc1. The minimum absolute atomic E-state index is 0.175. The molecule has 0 fully saturated rings. The Morgan fingerprint density at radius 3 is 2.25 bits per heavy atom. The molecule has 2 rings (SSSR count). The first-order valence-electron chi connectivity index (χ1n) is 7.52. The van der Waals surface area contributed by atoms with Crippen molar-refractivity contribution in [1.29, 1.82) is 0 Å². The van der Waals surface area contributed by atoms with E-state index in [0.29, 0.717) is 17.8 Å². The van der Waals surface area contributed by atoms with Crippen molar-refractivity contribution in [3.63, 3.8) is 0 Å². The second kappa shape index (κ2) is 7.70. The summed E-state index contributed by atoms with van der Waals surface area (Å²) >= 11 is 0. The van der Waals surface area contributed by atoms with Crippen molar-refractivity contribution in [1.82, 2.24) is 4.90 Å². The van der Waals surface area contributed by atoms with Gasteiger partial charge in [0.1, 0.15) is 5.82 Å². The normalized spacial score (nSPS) is 12.0. The summed E-state index contributed by atoms with van der Waals surface area (Å²) < 4.78 is 12.9. The third kappa shape index (κ3) is 4.63. The zero-order valence-electron chi connectivity index (χ0n) is 13.6. The molecule has 0 spiro atoms. The van der Waals surface area contributed by atoms with Crippen molar-refractivity contribution in [2.24, 2.45) is 5.73 Å². The average Bonchev–Trinajstić information content (AvgIpc) is 2.56. The quantitative estimate of drug-likeness (QED) is 0.854. The van der Waals surface area contributed by atoms with Crippen LogP contribution in [0.5, 0.6) is 0 Å². The molecule has 6 heteroatoms. The van der Waals surface area contributed by atoms with E-state index in [9.17, 15) is 14.0 Å². The molecule has 2 aromatic rings. The Labute approximate surface area is 140 Å². The highest BCUT2D eigenvalue weighted by Gasteiger charge is 2.18. The molecule has 0 radical (unpaired) electrons. The van der Waals surface area contributed by atoms with Gasteiger partial charge in [-0.05, 0) is 55.9 Å². The molecule has 0 aliphatic carbocycles. The van der Waals surface area contributed by atoms with E-state index < -0.39 is 5.91 Å². The van der Waals surface area contributed by atoms with Crippen molar-refractivity contribution in [3.05, 3.63) is 65.5 Å². The number of carbonyl (C=O) groups is 2. The topological polar surface area (TPSA) is 75.4 Å². The lowest BCUT2D eigenvalue weighted by Crippen LogP contribution is -2.39. The predicted octanol–water partition coefficient (Wildman–Crippen LogP) is 2.38. The molecule has 2 aromatic carbocycles. The Bertz CT molecular complexity index is 714. The van der Waals surface area contributed by atoms with Crippen LogP contribution in [0.25, 0.3) is 0 Å². The first-order valence-corrected chi connectivity index (χ1v) is 7.52. The van der Waals surface area contributed by atoms with Crippen LogP contribution in [0.4, 0.5) is 10.1 Å². The predicted molar refractivity (Wildman–Crippen MR) is 90.9 cm³/mol. The number of benzene rings is 2. The van der Waals surface area contributed by atoms with Crippen molar-refractivity contribution >= 4 is 17.5 Å². The molecule has 0 heterocycles. The van der Waals surface area contributed by atoms with Gasteiger partial charge in [0.25, 0.3) is 0 Å². The summed E-state index contributed by atoms with van der Waals surface area (Å²) in [5.41, 5.74) is 7.07. The number of primary amides is 1. The van der Waals surface area contributed by atoms with E-state index in [0.717, 1.165) is 5.56 Å². The second-order valence-corrected chi connectivity index (χ2v) is 5.65. The van der Waals surface area contributed by atoms with Crippen molar-refractivity contribution < 1.29 is 14.0 Å². The van der Waals surface area contributed by atoms with Crippen molar-refractivity contribution in [3.8, 4) is 0 Å². The second-order valence-electron chi connectivity index (χ2n) is 5.65. The minimum Gasteiger partial charge on any atom is -0.366 e. The Kier molecular flexibility index (Phi) is 5.65. The van der Waals surface area contributed by atoms with Gasteiger partial charge < -0.3 is 11.1 Å². The molecule has 1 unspecified atom stereocenters. The Balaban J connectivity index is 1.95. The highest BCUT2D eigenvalue weighted by atomic mass is 19.1. The van der Waals surface area contributed by atoms with Crippen LogP contribution in [0.15, 0.2) is 48.5 Å². The van der Waals surface area contributed by atoms with E-state index in [-0.39, 0.29) is 17.8 Å². The number of nitrogens with two attached hydrogens (primary N) is 1. The van der Waals surface area contributed by atoms with Gasteiger partial charge in [-0.3, -0.25) is 14.5 Å². The number of likely N-dealkylation sites (N-methyl/N-ethyl adjacent to an activating group) is 1. The first-order chi connectivity index (χ1) is 11.4. The van der Waals surface area contributed by atoms with Crippen LogP contribution in [0.2, 0.25) is 0 Å². The smallest absolute Gasteiger partial charge is 0.248 e. The highest BCUT2D eigenvalue weighted by molar-refractivity contribution is 5.96. The molecule has 0 saturated heterocycles. The van der Waals surface area contributed by atoms with Crippen LogP contribution >= 0.6 is 0 Å². The maximum Gasteiger partial charge on any atom is 0.248 e. The van der Waals surface area contributed by atoms with Crippen LogP contribution in [-0.4, -0.2) is 29.8 Å². The van der Waals surface area contributed by atoms with Gasteiger partial charge in [-0.25, -0.2) is 4.39 Å². The number of hydrogen-bond donors (Lipinski definition) is 2. The van der Waals surface area contributed by atoms with Crippen LogP contribution in [-0.2, 0) is 11.3 Å². The van der Waals surface area contributed by atoms with Gasteiger partial charge in [0.05, 0.1) is 6.04 Å². The fourth-order valence-corrected chi connectivity index (χ4v) is 2.18. The number of halogens is 1. The lowest BCUT2D eigenvalue weighted by Gasteiger charge is -2.24. The minimum atomic E-state index is -0.514. The standard InChI is InChI=1S/C18H20FN3O2/c1-12(22(2)11-13-3-7-15(19)8-4-13)18(24)21-16-9-5-14(6-10-16)17(20)23/h3-10,12H,11H2,1-2H3,(H2,20,23)(H,21,24). The fraction of sp³-hybridized carbons (Fsp3) is 0.222. The van der Waals surface area contributed by atoms with E-state index in [1.54, 1.807) is 43.3 Å². The molecular formula is C18H20FN3O2. The molecular weight excluding hydrogens is 309 g/mol. The van der Waals surface area contributed by atoms with Gasteiger partial charge in [-0.2, -0.15) is 0 Å². The molecule has 3 N–H and O–H groups in total. The van der Waals surface area contributed by atoms with Gasteiger partial charge in [-0.1, -0.05) is 12.1 Å². The number of nitrogens with zero attached hydrogens (tertiary/aromatic N) is 1. The van der Waals surface area contributed by atoms with Gasteiger partial charge in [0.15, 0.2) is 0 Å². The summed E-state index contributed by atoms with van der Waals surface area (Å²) in [4.78, 5) is 25.2. The average molecular weight is 329 g/mol. The molecule has 126 valence electrons. The fourth-order valence-electron chi connectivity index (χ4n) is 2.18. The van der Waals surface area contributed by atoms with Crippen LogP contribution < -0.4 is 11.1 Å². The number of amides is 2. The summed E-state index contributed by atoms with van der Waals surface area (Å²) in [6, 6.07) is 12.2. The number of nitrogens with one attached hydrogen (secondary N) is 1. The molecule has 0 aromatic heterocycles. The van der Waals surface area contributed by atoms with Crippen molar-refractivity contribution in [2.75, 3.05) is 12.4 Å². The maximum absolute atomic E-state index is 12.9. The summed E-state index contributed by atoms with van der Waals surface area (Å²) in [5, 5.41) is 2.79. The highest BCUT2D eigenvalue weighted by Crippen LogP contribution is 2.12. The molecule has 5 nitrogen and oxygen atoms in total. The molecule has 0 aliphatic heterocycles. The molecule has 0 aliphatic rings. The van der Waals surface area contributed by atoms with E-state index in [1.165, 1.54) is 12.1 Å². The third-order valence-corrected chi connectivity index (χ3v) is 3.82. The van der Waals surface area contributed by atoms with Gasteiger partial charge in [0, 0.05) is 17.8 Å². The molecule has 2 amide bonds. The van der Waals surface area contributed by atoms with Gasteiger partial charge in [-0.15, -0.1) is 0 Å². The number of rotatable bonds is 6. The molecule has 0 saturated carbocycles. The van der Waals surface area contributed by atoms with E-state index >= 15 is 0 Å². The van der Waals surface area contributed by atoms with Gasteiger partial charge in [0.2, 0.25) is 11.8 Å². The molecule has 24 heavy (non-hydrogen) atoms. The molecule has 0 bridgehead atoms. The molecule has 1 atom stereocenters. The van der Waals surface area contributed by atoms with Crippen LogP contribution in [0.3, 0.4) is 0 Å². The maximum atomic E-state index is 12.9. The summed E-state index contributed by atoms with van der Waals surface area (Å²) in [6.07, 6.45) is 0. The van der Waals surface area contributed by atoms with E-state index in [1.807, 2.05) is 11.9 Å².